The Labute approximate surface area is 153 Å². The van der Waals surface area contributed by atoms with Crippen LogP contribution in [-0.2, 0) is 4.79 Å². The molecule has 0 radical (unpaired) electrons. The first kappa shape index (κ1) is 18.3. The second-order valence-electron chi connectivity index (χ2n) is 6.51. The number of aliphatic hydroxyl groups excluding tert-OH is 1. The quantitative estimate of drug-likeness (QED) is 0.836. The number of hydrogen-bond donors (Lipinski definition) is 2. The number of nitrogens with zero attached hydrogens (tertiary/aromatic N) is 1. The van der Waals surface area contributed by atoms with Crippen molar-refractivity contribution >= 4 is 23.2 Å². The summed E-state index contributed by atoms with van der Waals surface area (Å²) >= 11 is 6.28. The van der Waals surface area contributed by atoms with E-state index in [0.717, 1.165) is 32.2 Å². The number of benzene rings is 1. The predicted molar refractivity (Wildman–Crippen MR) is 96.6 cm³/mol. The Morgan fingerprint density at radius 2 is 2.00 bits per heavy atom. The molecule has 2 aliphatic rings. The lowest BCUT2D eigenvalue weighted by molar-refractivity contribution is -0.118. The van der Waals surface area contributed by atoms with Gasteiger partial charge in [-0.1, -0.05) is 18.0 Å². The third-order valence-corrected chi connectivity index (χ3v) is 4.98. The van der Waals surface area contributed by atoms with Gasteiger partial charge < -0.3 is 19.9 Å². The molecule has 0 aromatic heterocycles. The summed E-state index contributed by atoms with van der Waals surface area (Å²) in [5, 5.41) is 12.5. The number of rotatable bonds is 5. The molecule has 2 heterocycles. The van der Waals surface area contributed by atoms with E-state index in [1.54, 1.807) is 12.1 Å². The molecule has 0 spiro atoms. The number of ether oxygens (including phenoxy) is 2. The van der Waals surface area contributed by atoms with E-state index in [2.05, 4.69) is 10.2 Å². The molecule has 7 heteroatoms. The van der Waals surface area contributed by atoms with E-state index in [-0.39, 0.29) is 18.6 Å². The minimum atomic E-state index is -0.110. The maximum Gasteiger partial charge on any atom is 0.238 e. The third-order valence-electron chi connectivity index (χ3n) is 4.67. The molecule has 0 aliphatic carbocycles. The van der Waals surface area contributed by atoms with Gasteiger partial charge >= 0.3 is 0 Å². The highest BCUT2D eigenvalue weighted by Crippen LogP contribution is 2.37. The molecule has 0 bridgehead atoms. The molecule has 6 nitrogen and oxygen atoms in total. The summed E-state index contributed by atoms with van der Waals surface area (Å²) in [4.78, 5) is 14.6. The second kappa shape index (κ2) is 8.74. The van der Waals surface area contributed by atoms with Gasteiger partial charge in [-0.05, 0) is 25.8 Å². The monoisotopic (exact) mass is 368 g/mol. The van der Waals surface area contributed by atoms with Gasteiger partial charge in [-0.2, -0.15) is 0 Å². The number of likely N-dealkylation sites (tertiary alicyclic amines) is 1. The molecule has 0 saturated carbocycles. The van der Waals surface area contributed by atoms with Crippen LogP contribution in [0.25, 0.3) is 0 Å². The highest BCUT2D eigenvalue weighted by Gasteiger charge is 2.24. The maximum absolute atomic E-state index is 12.5. The van der Waals surface area contributed by atoms with Gasteiger partial charge in [0.2, 0.25) is 5.91 Å². The Kier molecular flexibility index (Phi) is 6.39. The van der Waals surface area contributed by atoms with Crippen molar-refractivity contribution in [1.29, 1.82) is 0 Å². The lowest BCUT2D eigenvalue weighted by Crippen LogP contribution is -2.44. The Hall–Kier alpha value is -1.50. The molecule has 138 valence electrons. The zero-order valence-corrected chi connectivity index (χ0v) is 15.1. The summed E-state index contributed by atoms with van der Waals surface area (Å²) in [6.07, 6.45) is 4.78. The van der Waals surface area contributed by atoms with Crippen molar-refractivity contribution in [2.45, 2.75) is 38.1 Å². The first-order valence-corrected chi connectivity index (χ1v) is 9.29. The number of fused-ring (bicyclic) bond motifs is 1. The van der Waals surface area contributed by atoms with Crippen molar-refractivity contribution in [3.63, 3.8) is 0 Å². The van der Waals surface area contributed by atoms with Gasteiger partial charge in [-0.15, -0.1) is 0 Å². The average molecular weight is 369 g/mol. The predicted octanol–water partition coefficient (Wildman–Crippen LogP) is 2.68. The van der Waals surface area contributed by atoms with Crippen molar-refractivity contribution in [3.8, 4) is 11.5 Å². The lowest BCUT2D eigenvalue weighted by Gasteiger charge is -2.34. The van der Waals surface area contributed by atoms with Crippen molar-refractivity contribution in [3.05, 3.63) is 17.2 Å². The minimum absolute atomic E-state index is 0.110. The molecule has 25 heavy (non-hydrogen) atoms. The van der Waals surface area contributed by atoms with E-state index < -0.39 is 0 Å². The molecule has 1 aromatic carbocycles. The van der Waals surface area contributed by atoms with Crippen LogP contribution in [0, 0.1) is 0 Å². The SMILES string of the molecule is O=C(CN1CCCCC1CCO)Nc1cc2c(cc1Cl)OCCCO2. The number of anilines is 1. The fourth-order valence-corrected chi connectivity index (χ4v) is 3.60. The standard InChI is InChI=1S/C18H25ClN2O4/c19-14-10-16-17(25-9-3-8-24-16)11-15(14)20-18(23)12-21-6-2-1-4-13(21)5-7-22/h10-11,13,22H,1-9,12H2,(H,20,23). The largest absolute Gasteiger partial charge is 0.490 e. The molecule has 1 saturated heterocycles. The van der Waals surface area contributed by atoms with Crippen LogP contribution in [0.1, 0.15) is 32.1 Å². The van der Waals surface area contributed by atoms with E-state index in [0.29, 0.717) is 48.4 Å². The van der Waals surface area contributed by atoms with Gasteiger partial charge in [0.05, 0.1) is 30.5 Å². The number of carbonyl (C=O) groups is 1. The zero-order chi connectivity index (χ0) is 17.6. The second-order valence-corrected chi connectivity index (χ2v) is 6.92. The normalized spacial score (nSPS) is 20.8. The number of hydrogen-bond acceptors (Lipinski definition) is 5. The van der Waals surface area contributed by atoms with E-state index in [1.807, 2.05) is 0 Å². The zero-order valence-electron chi connectivity index (χ0n) is 14.3. The van der Waals surface area contributed by atoms with E-state index in [4.69, 9.17) is 21.1 Å². The van der Waals surface area contributed by atoms with Crippen molar-refractivity contribution < 1.29 is 19.4 Å². The average Bonchev–Trinajstić information content (AvgIpc) is 2.82. The molecule has 1 fully saturated rings. The maximum atomic E-state index is 12.5. The Balaban J connectivity index is 1.65. The van der Waals surface area contributed by atoms with Crippen LogP contribution >= 0.6 is 11.6 Å². The highest BCUT2D eigenvalue weighted by molar-refractivity contribution is 6.34. The van der Waals surface area contributed by atoms with Crippen molar-refractivity contribution in [2.24, 2.45) is 0 Å². The molecule has 3 rings (SSSR count). The van der Waals surface area contributed by atoms with Gasteiger partial charge in [0.15, 0.2) is 11.5 Å². The number of carbonyl (C=O) groups excluding carboxylic acids is 1. The number of aliphatic hydroxyl groups is 1. The molecule has 2 aliphatic heterocycles. The van der Waals surface area contributed by atoms with Crippen LogP contribution < -0.4 is 14.8 Å². The van der Waals surface area contributed by atoms with Crippen LogP contribution in [0.4, 0.5) is 5.69 Å². The molecular formula is C18H25ClN2O4. The Bertz CT molecular complexity index is 609. The first-order chi connectivity index (χ1) is 12.2. The Morgan fingerprint density at radius 3 is 2.76 bits per heavy atom. The number of amides is 1. The number of halogens is 1. The van der Waals surface area contributed by atoms with Crippen LogP contribution in [-0.4, -0.2) is 54.9 Å². The molecule has 1 unspecified atom stereocenters. The van der Waals surface area contributed by atoms with E-state index in [9.17, 15) is 9.90 Å². The summed E-state index contributed by atoms with van der Waals surface area (Å²) in [7, 11) is 0. The van der Waals surface area contributed by atoms with Crippen molar-refractivity contribution in [1.82, 2.24) is 4.90 Å². The van der Waals surface area contributed by atoms with Crippen LogP contribution in [0.3, 0.4) is 0 Å². The summed E-state index contributed by atoms with van der Waals surface area (Å²) in [6.45, 7) is 2.51. The lowest BCUT2D eigenvalue weighted by atomic mass is 10.00. The number of piperidine rings is 1. The van der Waals surface area contributed by atoms with E-state index >= 15 is 0 Å². The van der Waals surface area contributed by atoms with E-state index in [1.165, 1.54) is 0 Å². The van der Waals surface area contributed by atoms with Gasteiger partial charge in [-0.25, -0.2) is 0 Å². The number of nitrogens with one attached hydrogen (secondary N) is 1. The summed E-state index contributed by atoms with van der Waals surface area (Å²) in [5.74, 6) is 1.11. The van der Waals surface area contributed by atoms with Crippen molar-refractivity contribution in [2.75, 3.05) is 38.2 Å². The molecule has 2 N–H and O–H groups in total. The van der Waals surface area contributed by atoms with Gasteiger partial charge in [0.25, 0.3) is 0 Å². The van der Waals surface area contributed by atoms with Crippen LogP contribution in [0.2, 0.25) is 5.02 Å². The molecular weight excluding hydrogens is 344 g/mol. The van der Waals surface area contributed by atoms with Gasteiger partial charge in [-0.3, -0.25) is 9.69 Å². The van der Waals surface area contributed by atoms with Crippen LogP contribution in [0.15, 0.2) is 12.1 Å². The smallest absolute Gasteiger partial charge is 0.238 e. The highest BCUT2D eigenvalue weighted by atomic mass is 35.5. The molecule has 1 aromatic rings. The fraction of sp³-hybridized carbons (Fsp3) is 0.611. The third kappa shape index (κ3) is 4.77. The Morgan fingerprint density at radius 1 is 1.24 bits per heavy atom. The first-order valence-electron chi connectivity index (χ1n) is 8.91. The molecule has 1 amide bonds. The summed E-state index contributed by atoms with van der Waals surface area (Å²) < 4.78 is 11.2. The van der Waals surface area contributed by atoms with Gasteiger partial charge in [0.1, 0.15) is 0 Å². The fourth-order valence-electron chi connectivity index (χ4n) is 3.40. The summed E-state index contributed by atoms with van der Waals surface area (Å²) in [5.41, 5.74) is 0.534. The summed E-state index contributed by atoms with van der Waals surface area (Å²) in [6, 6.07) is 3.68. The molecule has 1 atom stereocenters. The topological polar surface area (TPSA) is 71.0 Å². The van der Waals surface area contributed by atoms with Gasteiger partial charge in [0, 0.05) is 31.2 Å². The minimum Gasteiger partial charge on any atom is -0.490 e. The van der Waals surface area contributed by atoms with Crippen LogP contribution in [0.5, 0.6) is 11.5 Å².